The van der Waals surface area contributed by atoms with Crippen LogP contribution < -0.4 is 0 Å². The Morgan fingerprint density at radius 1 is 0.929 bits per heavy atom. The lowest BCUT2D eigenvalue weighted by Crippen LogP contribution is -2.57. The molecule has 4 fully saturated rings. The minimum atomic E-state index is -1.44. The second-order valence-electron chi connectivity index (χ2n) is 6.22. The standard InChI is InChI=1S/C12H20O2/c1-11(13,14)12-5-8-2-9(6-12)4-10(3-8)7-12/h8-10,13-14H,2-7H2,1H3. The highest BCUT2D eigenvalue weighted by Crippen LogP contribution is 2.63. The first-order chi connectivity index (χ1) is 6.48. The van der Waals surface area contributed by atoms with Crippen molar-refractivity contribution < 1.29 is 10.2 Å². The molecule has 14 heavy (non-hydrogen) atoms. The Bertz CT molecular complexity index is 216. The quantitative estimate of drug-likeness (QED) is 0.629. The van der Waals surface area contributed by atoms with Crippen LogP contribution in [0.5, 0.6) is 0 Å². The Balaban J connectivity index is 1.95. The third-order valence-electron chi connectivity index (χ3n) is 5.04. The normalized spacial score (nSPS) is 51.2. The first kappa shape index (κ1) is 9.17. The molecule has 0 spiro atoms. The van der Waals surface area contributed by atoms with Crippen LogP contribution in [0.4, 0.5) is 0 Å². The molecule has 0 aromatic carbocycles. The molecule has 0 aromatic rings. The van der Waals surface area contributed by atoms with Gasteiger partial charge in [-0.05, 0) is 63.2 Å². The third-order valence-corrected chi connectivity index (χ3v) is 5.04. The molecule has 2 nitrogen and oxygen atoms in total. The lowest BCUT2D eigenvalue weighted by atomic mass is 9.47. The minimum absolute atomic E-state index is 0.151. The first-order valence-corrected chi connectivity index (χ1v) is 5.93. The lowest BCUT2D eigenvalue weighted by molar-refractivity contribution is -0.275. The van der Waals surface area contributed by atoms with Gasteiger partial charge in [0.2, 0.25) is 0 Å². The van der Waals surface area contributed by atoms with Crippen molar-refractivity contribution in [1.82, 2.24) is 0 Å². The zero-order valence-corrected chi connectivity index (χ0v) is 8.87. The summed E-state index contributed by atoms with van der Waals surface area (Å²) in [5.41, 5.74) is -0.151. The van der Waals surface area contributed by atoms with Gasteiger partial charge in [0.15, 0.2) is 5.79 Å². The number of hydrogen-bond donors (Lipinski definition) is 2. The molecule has 0 unspecified atom stereocenters. The van der Waals surface area contributed by atoms with Crippen LogP contribution in [0.2, 0.25) is 0 Å². The van der Waals surface area contributed by atoms with E-state index in [1.165, 1.54) is 19.3 Å². The average molecular weight is 196 g/mol. The third kappa shape index (κ3) is 1.10. The number of aliphatic hydroxyl groups is 2. The highest BCUT2D eigenvalue weighted by Gasteiger charge is 2.57. The highest BCUT2D eigenvalue weighted by molar-refractivity contribution is 5.05. The van der Waals surface area contributed by atoms with Crippen LogP contribution in [0.25, 0.3) is 0 Å². The summed E-state index contributed by atoms with van der Waals surface area (Å²) in [5.74, 6) is 0.933. The number of hydrogen-bond acceptors (Lipinski definition) is 2. The van der Waals surface area contributed by atoms with Crippen LogP contribution in [0, 0.1) is 23.2 Å². The maximum absolute atomic E-state index is 9.94. The van der Waals surface area contributed by atoms with E-state index < -0.39 is 5.79 Å². The summed E-state index contributed by atoms with van der Waals surface area (Å²) in [6.07, 6.45) is 7.24. The predicted octanol–water partition coefficient (Wildman–Crippen LogP) is 1.90. The maximum atomic E-state index is 9.94. The van der Waals surface area contributed by atoms with E-state index in [0.29, 0.717) is 0 Å². The molecule has 0 heterocycles. The molecule has 4 aliphatic rings. The Morgan fingerprint density at radius 2 is 1.29 bits per heavy atom. The summed E-state index contributed by atoms with van der Waals surface area (Å²) < 4.78 is 0. The molecule has 2 heteroatoms. The van der Waals surface area contributed by atoms with Gasteiger partial charge in [-0.2, -0.15) is 0 Å². The molecular weight excluding hydrogens is 176 g/mol. The van der Waals surface area contributed by atoms with Crippen molar-refractivity contribution in [3.63, 3.8) is 0 Å². The van der Waals surface area contributed by atoms with E-state index in [2.05, 4.69) is 0 Å². The molecule has 4 saturated carbocycles. The van der Waals surface area contributed by atoms with Crippen molar-refractivity contribution in [2.45, 2.75) is 51.2 Å². The fourth-order valence-corrected chi connectivity index (χ4v) is 4.69. The topological polar surface area (TPSA) is 40.5 Å². The summed E-state index contributed by atoms with van der Waals surface area (Å²) in [6, 6.07) is 0. The molecule has 0 aromatic heterocycles. The van der Waals surface area contributed by atoms with Crippen molar-refractivity contribution in [1.29, 1.82) is 0 Å². The minimum Gasteiger partial charge on any atom is -0.365 e. The Morgan fingerprint density at radius 3 is 1.57 bits per heavy atom. The van der Waals surface area contributed by atoms with Crippen LogP contribution in [0.3, 0.4) is 0 Å². The molecular formula is C12H20O2. The van der Waals surface area contributed by atoms with Crippen molar-refractivity contribution in [2.24, 2.45) is 23.2 Å². The smallest absolute Gasteiger partial charge is 0.165 e. The Hall–Kier alpha value is -0.0800. The summed E-state index contributed by atoms with van der Waals surface area (Å²) in [7, 11) is 0. The maximum Gasteiger partial charge on any atom is 0.165 e. The van der Waals surface area contributed by atoms with Gasteiger partial charge >= 0.3 is 0 Å². The monoisotopic (exact) mass is 196 g/mol. The second-order valence-corrected chi connectivity index (χ2v) is 6.22. The summed E-state index contributed by atoms with van der Waals surface area (Å²) in [6.45, 7) is 1.60. The van der Waals surface area contributed by atoms with Gasteiger partial charge in [0.1, 0.15) is 0 Å². The van der Waals surface area contributed by atoms with Crippen molar-refractivity contribution in [2.75, 3.05) is 0 Å². The molecule has 0 amide bonds. The fourth-order valence-electron chi connectivity index (χ4n) is 4.69. The summed E-state index contributed by atoms with van der Waals surface area (Å²) in [5, 5.41) is 19.9. The van der Waals surface area contributed by atoms with Gasteiger partial charge in [0.25, 0.3) is 0 Å². The van der Waals surface area contributed by atoms with Gasteiger partial charge in [-0.15, -0.1) is 0 Å². The van der Waals surface area contributed by atoms with Crippen molar-refractivity contribution in [3.05, 3.63) is 0 Å². The SMILES string of the molecule is CC(O)(O)C12CC3CC(CC(C3)C1)C2. The van der Waals surface area contributed by atoms with Gasteiger partial charge in [-0.3, -0.25) is 0 Å². The summed E-state index contributed by atoms with van der Waals surface area (Å²) >= 11 is 0. The Labute approximate surface area is 85.3 Å². The molecule has 4 rings (SSSR count). The van der Waals surface area contributed by atoms with Gasteiger partial charge in [-0.1, -0.05) is 0 Å². The lowest BCUT2D eigenvalue weighted by Gasteiger charge is -2.59. The largest absolute Gasteiger partial charge is 0.365 e. The zero-order valence-electron chi connectivity index (χ0n) is 8.87. The van der Waals surface area contributed by atoms with Gasteiger partial charge < -0.3 is 10.2 Å². The molecule has 0 saturated heterocycles. The molecule has 4 aliphatic carbocycles. The van der Waals surface area contributed by atoms with Crippen LogP contribution in [-0.4, -0.2) is 16.0 Å². The predicted molar refractivity (Wildman–Crippen MR) is 53.4 cm³/mol. The van der Waals surface area contributed by atoms with E-state index in [9.17, 15) is 10.2 Å². The molecule has 0 aliphatic heterocycles. The van der Waals surface area contributed by atoms with Gasteiger partial charge in [0, 0.05) is 5.41 Å². The number of rotatable bonds is 1. The van der Waals surface area contributed by atoms with E-state index in [1.54, 1.807) is 6.92 Å². The van der Waals surface area contributed by atoms with E-state index in [1.807, 2.05) is 0 Å². The zero-order chi connectivity index (χ0) is 9.97. The van der Waals surface area contributed by atoms with Crippen LogP contribution in [0.15, 0.2) is 0 Å². The van der Waals surface area contributed by atoms with Crippen LogP contribution in [-0.2, 0) is 0 Å². The molecule has 0 radical (unpaired) electrons. The first-order valence-electron chi connectivity index (χ1n) is 5.93. The molecule has 80 valence electrons. The molecule has 0 atom stereocenters. The fraction of sp³-hybridized carbons (Fsp3) is 1.00. The van der Waals surface area contributed by atoms with E-state index in [0.717, 1.165) is 37.0 Å². The van der Waals surface area contributed by atoms with E-state index in [-0.39, 0.29) is 5.41 Å². The van der Waals surface area contributed by atoms with E-state index in [4.69, 9.17) is 0 Å². The Kier molecular flexibility index (Phi) is 1.66. The highest BCUT2D eigenvalue weighted by atomic mass is 16.5. The van der Waals surface area contributed by atoms with Crippen LogP contribution in [0.1, 0.15) is 45.4 Å². The van der Waals surface area contributed by atoms with Gasteiger partial charge in [-0.25, -0.2) is 0 Å². The van der Waals surface area contributed by atoms with Crippen molar-refractivity contribution >= 4 is 0 Å². The van der Waals surface area contributed by atoms with Crippen molar-refractivity contribution in [3.8, 4) is 0 Å². The van der Waals surface area contributed by atoms with E-state index >= 15 is 0 Å². The average Bonchev–Trinajstić information content (AvgIpc) is 1.98. The van der Waals surface area contributed by atoms with Crippen LogP contribution >= 0.6 is 0 Å². The summed E-state index contributed by atoms with van der Waals surface area (Å²) in [4.78, 5) is 0. The second kappa shape index (κ2) is 2.53. The van der Waals surface area contributed by atoms with Gasteiger partial charge in [0.05, 0.1) is 0 Å². The molecule has 2 N–H and O–H groups in total. The molecule has 4 bridgehead atoms.